The fourth-order valence-corrected chi connectivity index (χ4v) is 3.31. The van der Waals surface area contributed by atoms with Crippen molar-refractivity contribution in [1.82, 2.24) is 20.0 Å². The number of halogens is 2. The number of hydrogen-bond acceptors (Lipinski definition) is 3. The van der Waals surface area contributed by atoms with Gasteiger partial charge in [0.1, 0.15) is 5.69 Å². The minimum absolute atomic E-state index is 0.292. The lowest BCUT2D eigenvalue weighted by atomic mass is 10.1. The SMILES string of the molecule is O=C(Nc1cccc(Cn2cccn2)c1)c1cc(-c2ccc(Cl)cc2Cl)n[nH]1. The van der Waals surface area contributed by atoms with Crippen molar-refractivity contribution in [3.8, 4) is 11.3 Å². The van der Waals surface area contributed by atoms with Gasteiger partial charge in [-0.2, -0.15) is 10.2 Å². The van der Waals surface area contributed by atoms with Gasteiger partial charge in [0.15, 0.2) is 0 Å². The summed E-state index contributed by atoms with van der Waals surface area (Å²) < 4.78 is 1.82. The molecule has 2 heterocycles. The number of H-pyrrole nitrogens is 1. The van der Waals surface area contributed by atoms with Crippen LogP contribution >= 0.6 is 23.2 Å². The molecule has 140 valence electrons. The molecule has 4 rings (SSSR count). The minimum atomic E-state index is -0.292. The van der Waals surface area contributed by atoms with Crippen LogP contribution in [0.1, 0.15) is 16.1 Å². The highest BCUT2D eigenvalue weighted by molar-refractivity contribution is 6.36. The Kier molecular flexibility index (Phi) is 5.14. The normalized spacial score (nSPS) is 10.8. The minimum Gasteiger partial charge on any atom is -0.321 e. The molecule has 0 atom stereocenters. The summed E-state index contributed by atoms with van der Waals surface area (Å²) in [6.07, 6.45) is 3.62. The second kappa shape index (κ2) is 7.88. The smallest absolute Gasteiger partial charge is 0.273 e. The van der Waals surface area contributed by atoms with Crippen LogP contribution in [0, 0.1) is 0 Å². The molecule has 0 spiro atoms. The van der Waals surface area contributed by atoms with E-state index in [1.807, 2.05) is 41.2 Å². The highest BCUT2D eigenvalue weighted by atomic mass is 35.5. The van der Waals surface area contributed by atoms with Crippen molar-refractivity contribution in [2.75, 3.05) is 5.32 Å². The monoisotopic (exact) mass is 411 g/mol. The molecular formula is C20H15Cl2N5O. The van der Waals surface area contributed by atoms with Crippen molar-refractivity contribution in [3.05, 3.63) is 88.3 Å². The lowest BCUT2D eigenvalue weighted by Crippen LogP contribution is -2.12. The van der Waals surface area contributed by atoms with E-state index in [9.17, 15) is 4.79 Å². The maximum absolute atomic E-state index is 12.6. The van der Waals surface area contributed by atoms with Gasteiger partial charge < -0.3 is 5.32 Å². The number of aromatic amines is 1. The maximum Gasteiger partial charge on any atom is 0.273 e. The second-order valence-electron chi connectivity index (χ2n) is 6.15. The Morgan fingerprint density at radius 3 is 2.79 bits per heavy atom. The molecule has 8 heteroatoms. The highest BCUT2D eigenvalue weighted by Gasteiger charge is 2.13. The van der Waals surface area contributed by atoms with Gasteiger partial charge in [-0.3, -0.25) is 14.6 Å². The molecule has 28 heavy (non-hydrogen) atoms. The molecule has 4 aromatic rings. The average Bonchev–Trinajstić information content (AvgIpc) is 3.34. The number of hydrogen-bond donors (Lipinski definition) is 2. The molecule has 0 aliphatic carbocycles. The molecule has 6 nitrogen and oxygen atoms in total. The Bertz CT molecular complexity index is 1120. The fourth-order valence-electron chi connectivity index (χ4n) is 2.80. The zero-order chi connectivity index (χ0) is 19.5. The number of amides is 1. The first-order valence-corrected chi connectivity index (χ1v) is 9.22. The summed E-state index contributed by atoms with van der Waals surface area (Å²) in [5.41, 5.74) is 3.32. The molecule has 0 fully saturated rings. The molecule has 0 unspecified atom stereocenters. The third kappa shape index (κ3) is 4.08. The van der Waals surface area contributed by atoms with E-state index in [2.05, 4.69) is 20.6 Å². The summed E-state index contributed by atoms with van der Waals surface area (Å²) in [4.78, 5) is 12.6. The van der Waals surface area contributed by atoms with Crippen molar-refractivity contribution in [2.45, 2.75) is 6.54 Å². The van der Waals surface area contributed by atoms with E-state index in [1.165, 1.54) is 0 Å². The van der Waals surface area contributed by atoms with Crippen LogP contribution in [0.2, 0.25) is 10.0 Å². The topological polar surface area (TPSA) is 75.6 Å². The molecule has 2 aromatic carbocycles. The van der Waals surface area contributed by atoms with Crippen LogP contribution in [0.3, 0.4) is 0 Å². The van der Waals surface area contributed by atoms with Gasteiger partial charge in [-0.15, -0.1) is 0 Å². The Hall–Kier alpha value is -3.09. The van der Waals surface area contributed by atoms with Gasteiger partial charge in [0.05, 0.1) is 17.3 Å². The standard InChI is InChI=1S/C20H15Cl2N5O/c21-14-5-6-16(17(22)10-14)18-11-19(26-25-18)20(28)24-15-4-1-3-13(9-15)12-27-8-2-7-23-27/h1-11H,12H2,(H,24,28)(H,25,26). The number of nitrogens with zero attached hydrogens (tertiary/aromatic N) is 3. The zero-order valence-electron chi connectivity index (χ0n) is 14.6. The molecule has 0 aliphatic rings. The number of aromatic nitrogens is 4. The van der Waals surface area contributed by atoms with Gasteiger partial charge >= 0.3 is 0 Å². The quantitative estimate of drug-likeness (QED) is 0.491. The molecule has 0 saturated carbocycles. The van der Waals surface area contributed by atoms with Gasteiger partial charge in [-0.1, -0.05) is 35.3 Å². The largest absolute Gasteiger partial charge is 0.321 e. The summed E-state index contributed by atoms with van der Waals surface area (Å²) in [5, 5.41) is 15.0. The van der Waals surface area contributed by atoms with Crippen LogP contribution in [0.5, 0.6) is 0 Å². The average molecular weight is 412 g/mol. The Labute approximate surface area is 171 Å². The van der Waals surface area contributed by atoms with E-state index >= 15 is 0 Å². The summed E-state index contributed by atoms with van der Waals surface area (Å²) in [6.45, 7) is 0.625. The fraction of sp³-hybridized carbons (Fsp3) is 0.0500. The first-order valence-electron chi connectivity index (χ1n) is 8.47. The van der Waals surface area contributed by atoms with Crippen LogP contribution in [0.4, 0.5) is 5.69 Å². The molecule has 0 saturated heterocycles. The van der Waals surface area contributed by atoms with Crippen molar-refractivity contribution >= 4 is 34.8 Å². The predicted molar refractivity (Wildman–Crippen MR) is 110 cm³/mol. The van der Waals surface area contributed by atoms with Crippen molar-refractivity contribution in [3.63, 3.8) is 0 Å². The summed E-state index contributed by atoms with van der Waals surface area (Å²) in [6, 6.07) is 16.3. The number of rotatable bonds is 5. The third-order valence-corrected chi connectivity index (χ3v) is 4.67. The van der Waals surface area contributed by atoms with E-state index in [4.69, 9.17) is 23.2 Å². The van der Waals surface area contributed by atoms with E-state index in [1.54, 1.807) is 30.5 Å². The number of carbonyl (C=O) groups excluding carboxylic acids is 1. The van der Waals surface area contributed by atoms with E-state index in [-0.39, 0.29) is 5.91 Å². The van der Waals surface area contributed by atoms with Crippen molar-refractivity contribution in [2.24, 2.45) is 0 Å². The molecule has 0 bridgehead atoms. The summed E-state index contributed by atoms with van der Waals surface area (Å²) in [5.74, 6) is -0.292. The molecule has 0 aliphatic heterocycles. The Morgan fingerprint density at radius 1 is 1.11 bits per heavy atom. The first-order chi connectivity index (χ1) is 13.6. The van der Waals surface area contributed by atoms with Crippen LogP contribution < -0.4 is 5.32 Å². The Balaban J connectivity index is 1.49. The first kappa shape index (κ1) is 18.3. The van der Waals surface area contributed by atoms with Crippen LogP contribution in [-0.4, -0.2) is 25.9 Å². The maximum atomic E-state index is 12.6. The van der Waals surface area contributed by atoms with E-state index in [0.717, 1.165) is 5.56 Å². The number of anilines is 1. The second-order valence-corrected chi connectivity index (χ2v) is 6.99. The van der Waals surface area contributed by atoms with Crippen LogP contribution in [-0.2, 0) is 6.54 Å². The summed E-state index contributed by atoms with van der Waals surface area (Å²) in [7, 11) is 0. The van der Waals surface area contributed by atoms with Crippen LogP contribution in [0.25, 0.3) is 11.3 Å². The lowest BCUT2D eigenvalue weighted by Gasteiger charge is -2.07. The summed E-state index contributed by atoms with van der Waals surface area (Å²) >= 11 is 12.1. The highest BCUT2D eigenvalue weighted by Crippen LogP contribution is 2.29. The van der Waals surface area contributed by atoms with Gasteiger partial charge in [0.2, 0.25) is 0 Å². The van der Waals surface area contributed by atoms with Crippen LogP contribution in [0.15, 0.2) is 67.0 Å². The van der Waals surface area contributed by atoms with Gasteiger partial charge in [-0.05, 0) is 48.0 Å². The molecule has 1 amide bonds. The lowest BCUT2D eigenvalue weighted by molar-refractivity contribution is 0.102. The molecule has 0 radical (unpaired) electrons. The number of benzene rings is 2. The van der Waals surface area contributed by atoms with Gasteiger partial charge in [0.25, 0.3) is 5.91 Å². The molecule has 2 aromatic heterocycles. The molecule has 2 N–H and O–H groups in total. The third-order valence-electron chi connectivity index (χ3n) is 4.12. The van der Waals surface area contributed by atoms with E-state index < -0.39 is 0 Å². The predicted octanol–water partition coefficient (Wildman–Crippen LogP) is 4.88. The molecular weight excluding hydrogens is 397 g/mol. The van der Waals surface area contributed by atoms with Crippen molar-refractivity contribution < 1.29 is 4.79 Å². The Morgan fingerprint density at radius 2 is 2.00 bits per heavy atom. The zero-order valence-corrected chi connectivity index (χ0v) is 16.1. The van der Waals surface area contributed by atoms with Gasteiger partial charge in [0, 0.05) is 28.7 Å². The number of carbonyl (C=O) groups is 1. The van der Waals surface area contributed by atoms with Crippen molar-refractivity contribution in [1.29, 1.82) is 0 Å². The number of nitrogens with one attached hydrogen (secondary N) is 2. The van der Waals surface area contributed by atoms with Gasteiger partial charge in [-0.25, -0.2) is 0 Å². The van der Waals surface area contributed by atoms with E-state index in [0.29, 0.717) is 39.2 Å².